The molecule has 0 N–H and O–H groups in total. The van der Waals surface area contributed by atoms with Crippen LogP contribution in [0.5, 0.6) is 11.5 Å². The Balaban J connectivity index is 1.77. The third kappa shape index (κ3) is 4.19. The summed E-state index contributed by atoms with van der Waals surface area (Å²) in [4.78, 5) is 12.7. The van der Waals surface area contributed by atoms with Crippen LogP contribution in [-0.2, 0) is 0 Å². The van der Waals surface area contributed by atoms with Crippen molar-refractivity contribution in [3.8, 4) is 17.2 Å². The maximum Gasteiger partial charge on any atom is 0.202 e. The van der Waals surface area contributed by atoms with E-state index in [1.54, 1.807) is 24.3 Å². The van der Waals surface area contributed by atoms with Gasteiger partial charge in [0, 0.05) is 28.7 Å². The minimum atomic E-state index is -0.291. The van der Waals surface area contributed by atoms with Crippen LogP contribution in [0.2, 0.25) is 0 Å². The van der Waals surface area contributed by atoms with Gasteiger partial charge in [0.1, 0.15) is 17.3 Å². The Morgan fingerprint density at radius 1 is 1.00 bits per heavy atom. The average molecular weight is 367 g/mol. The van der Waals surface area contributed by atoms with Gasteiger partial charge in [0.2, 0.25) is 5.78 Å². The van der Waals surface area contributed by atoms with Gasteiger partial charge in [0.15, 0.2) is 6.61 Å². The molecule has 0 spiro atoms. The molecule has 0 saturated heterocycles. The van der Waals surface area contributed by atoms with Gasteiger partial charge in [0.05, 0.1) is 6.61 Å². The molecule has 0 saturated carbocycles. The van der Waals surface area contributed by atoms with E-state index in [0.717, 1.165) is 17.1 Å². The van der Waals surface area contributed by atoms with Gasteiger partial charge in [-0.1, -0.05) is 6.07 Å². The molecule has 3 rings (SSSR count). The van der Waals surface area contributed by atoms with Gasteiger partial charge in [-0.2, -0.15) is 0 Å². The Morgan fingerprint density at radius 2 is 1.67 bits per heavy atom. The van der Waals surface area contributed by atoms with Gasteiger partial charge in [0.25, 0.3) is 0 Å². The van der Waals surface area contributed by atoms with Gasteiger partial charge in [-0.05, 0) is 63.2 Å². The SMILES string of the molecule is CCOc1cccc(OCC(=O)c2cc(C)n(-c3ccc(F)cc3)c2C)c1. The second kappa shape index (κ2) is 8.08. The van der Waals surface area contributed by atoms with Crippen molar-refractivity contribution in [3.05, 3.63) is 77.4 Å². The first kappa shape index (κ1) is 18.7. The van der Waals surface area contributed by atoms with Gasteiger partial charge in [-0.15, -0.1) is 0 Å². The van der Waals surface area contributed by atoms with E-state index in [0.29, 0.717) is 23.7 Å². The normalized spacial score (nSPS) is 10.7. The van der Waals surface area contributed by atoms with E-state index in [1.807, 2.05) is 43.5 Å². The van der Waals surface area contributed by atoms with E-state index >= 15 is 0 Å². The lowest BCUT2D eigenvalue weighted by atomic mass is 10.1. The van der Waals surface area contributed by atoms with E-state index < -0.39 is 0 Å². The van der Waals surface area contributed by atoms with Crippen molar-refractivity contribution in [2.45, 2.75) is 20.8 Å². The van der Waals surface area contributed by atoms with E-state index in [4.69, 9.17) is 9.47 Å². The summed E-state index contributed by atoms with van der Waals surface area (Å²) < 4.78 is 26.2. The number of rotatable bonds is 7. The fraction of sp³-hybridized carbons (Fsp3) is 0.227. The predicted molar refractivity (Wildman–Crippen MR) is 103 cm³/mol. The zero-order valence-corrected chi connectivity index (χ0v) is 15.7. The molecule has 0 bridgehead atoms. The number of halogens is 1. The number of hydrogen-bond donors (Lipinski definition) is 0. The molecule has 0 atom stereocenters. The molecule has 0 fully saturated rings. The highest BCUT2D eigenvalue weighted by molar-refractivity contribution is 5.98. The molecule has 3 aromatic rings. The highest BCUT2D eigenvalue weighted by atomic mass is 19.1. The monoisotopic (exact) mass is 367 g/mol. The molecular weight excluding hydrogens is 345 g/mol. The highest BCUT2D eigenvalue weighted by Crippen LogP contribution is 2.23. The van der Waals surface area contributed by atoms with Crippen molar-refractivity contribution < 1.29 is 18.7 Å². The number of aromatic nitrogens is 1. The van der Waals surface area contributed by atoms with E-state index in [9.17, 15) is 9.18 Å². The molecule has 140 valence electrons. The smallest absolute Gasteiger partial charge is 0.202 e. The molecule has 27 heavy (non-hydrogen) atoms. The van der Waals surface area contributed by atoms with E-state index in [1.165, 1.54) is 12.1 Å². The minimum Gasteiger partial charge on any atom is -0.494 e. The number of benzene rings is 2. The molecule has 0 amide bonds. The summed E-state index contributed by atoms with van der Waals surface area (Å²) in [6.07, 6.45) is 0. The standard InChI is InChI=1S/C22H22FNO3/c1-4-26-19-6-5-7-20(13-19)27-14-22(25)21-12-15(2)24(16(21)3)18-10-8-17(23)9-11-18/h5-13H,4,14H2,1-3H3. The molecule has 1 aromatic heterocycles. The largest absolute Gasteiger partial charge is 0.494 e. The summed E-state index contributed by atoms with van der Waals surface area (Å²) in [6.45, 7) is 6.20. The number of carbonyl (C=O) groups excluding carboxylic acids is 1. The van der Waals surface area contributed by atoms with Gasteiger partial charge < -0.3 is 14.0 Å². The number of carbonyl (C=O) groups is 1. The van der Waals surface area contributed by atoms with Crippen molar-refractivity contribution in [1.29, 1.82) is 0 Å². The van der Waals surface area contributed by atoms with Crippen molar-refractivity contribution in [1.82, 2.24) is 4.57 Å². The summed E-state index contributed by atoms with van der Waals surface area (Å²) in [5, 5.41) is 0. The number of Topliss-reactive ketones (excluding diaryl/α,β-unsaturated/α-hetero) is 1. The van der Waals surface area contributed by atoms with Crippen LogP contribution in [0.25, 0.3) is 5.69 Å². The summed E-state index contributed by atoms with van der Waals surface area (Å²) in [5.41, 5.74) is 3.12. The van der Waals surface area contributed by atoms with Crippen LogP contribution in [-0.4, -0.2) is 23.6 Å². The van der Waals surface area contributed by atoms with Crippen molar-refractivity contribution >= 4 is 5.78 Å². The fourth-order valence-electron chi connectivity index (χ4n) is 3.08. The van der Waals surface area contributed by atoms with Crippen LogP contribution in [0, 0.1) is 19.7 Å². The van der Waals surface area contributed by atoms with Gasteiger partial charge in [-0.3, -0.25) is 4.79 Å². The number of ether oxygens (including phenoxy) is 2. The molecule has 0 radical (unpaired) electrons. The quantitative estimate of drug-likeness (QED) is 0.558. The second-order valence-corrected chi connectivity index (χ2v) is 6.22. The Hall–Kier alpha value is -3.08. The summed E-state index contributed by atoms with van der Waals surface area (Å²) in [5.74, 6) is 0.886. The third-order valence-corrected chi connectivity index (χ3v) is 4.30. The Morgan fingerprint density at radius 3 is 2.33 bits per heavy atom. The number of ketones is 1. The highest BCUT2D eigenvalue weighted by Gasteiger charge is 2.17. The van der Waals surface area contributed by atoms with Crippen LogP contribution in [0.4, 0.5) is 4.39 Å². The van der Waals surface area contributed by atoms with Crippen LogP contribution in [0.1, 0.15) is 28.7 Å². The lowest BCUT2D eigenvalue weighted by Crippen LogP contribution is -2.12. The van der Waals surface area contributed by atoms with E-state index in [2.05, 4.69) is 0 Å². The van der Waals surface area contributed by atoms with Crippen molar-refractivity contribution in [3.63, 3.8) is 0 Å². The zero-order valence-electron chi connectivity index (χ0n) is 15.7. The molecule has 5 heteroatoms. The topological polar surface area (TPSA) is 40.5 Å². The summed E-state index contributed by atoms with van der Waals surface area (Å²) in [7, 11) is 0. The first-order chi connectivity index (χ1) is 13.0. The van der Waals surface area contributed by atoms with Crippen LogP contribution >= 0.6 is 0 Å². The number of hydrogen-bond acceptors (Lipinski definition) is 3. The predicted octanol–water partition coefficient (Wildman–Crippen LogP) is 4.89. The first-order valence-corrected chi connectivity index (χ1v) is 8.83. The Kier molecular flexibility index (Phi) is 5.60. The van der Waals surface area contributed by atoms with Gasteiger partial charge in [-0.25, -0.2) is 4.39 Å². The van der Waals surface area contributed by atoms with Gasteiger partial charge >= 0.3 is 0 Å². The van der Waals surface area contributed by atoms with Crippen LogP contribution in [0.15, 0.2) is 54.6 Å². The first-order valence-electron chi connectivity index (χ1n) is 8.83. The molecule has 1 heterocycles. The molecule has 0 aliphatic rings. The number of nitrogens with zero attached hydrogens (tertiary/aromatic N) is 1. The molecule has 2 aromatic carbocycles. The summed E-state index contributed by atoms with van der Waals surface area (Å²) >= 11 is 0. The molecule has 0 unspecified atom stereocenters. The van der Waals surface area contributed by atoms with E-state index in [-0.39, 0.29) is 18.2 Å². The van der Waals surface area contributed by atoms with Crippen molar-refractivity contribution in [2.75, 3.05) is 13.2 Å². The average Bonchev–Trinajstić information content (AvgIpc) is 2.96. The van der Waals surface area contributed by atoms with Crippen molar-refractivity contribution in [2.24, 2.45) is 0 Å². The second-order valence-electron chi connectivity index (χ2n) is 6.22. The number of aryl methyl sites for hydroxylation is 1. The minimum absolute atomic E-state index is 0.0662. The summed E-state index contributed by atoms with van der Waals surface area (Å²) in [6, 6.07) is 15.3. The molecular formula is C22H22FNO3. The zero-order chi connectivity index (χ0) is 19.4. The van der Waals surface area contributed by atoms with Crippen LogP contribution in [0.3, 0.4) is 0 Å². The molecule has 0 aliphatic carbocycles. The lowest BCUT2D eigenvalue weighted by Gasteiger charge is -2.10. The Bertz CT molecular complexity index is 945. The van der Waals surface area contributed by atoms with Crippen LogP contribution < -0.4 is 9.47 Å². The Labute approximate surface area is 158 Å². The molecule has 4 nitrogen and oxygen atoms in total. The molecule has 0 aliphatic heterocycles. The third-order valence-electron chi connectivity index (χ3n) is 4.30. The maximum atomic E-state index is 13.2. The fourth-order valence-corrected chi connectivity index (χ4v) is 3.08. The lowest BCUT2D eigenvalue weighted by molar-refractivity contribution is 0.0920. The maximum absolute atomic E-state index is 13.2.